The zero-order valence-corrected chi connectivity index (χ0v) is 18.9. The second-order valence-corrected chi connectivity index (χ2v) is 7.61. The van der Waals surface area contributed by atoms with E-state index < -0.39 is 17.8 Å². The summed E-state index contributed by atoms with van der Waals surface area (Å²) in [6, 6.07) is 6.99. The first-order valence-electron chi connectivity index (χ1n) is 9.76. The Balaban J connectivity index is 1.71. The molecule has 0 atom stereocenters. The van der Waals surface area contributed by atoms with Gasteiger partial charge in [0.15, 0.2) is 23.0 Å². The maximum Gasteiger partial charge on any atom is 0.335 e. The van der Waals surface area contributed by atoms with Crippen molar-refractivity contribution in [3.8, 4) is 35.3 Å². The van der Waals surface area contributed by atoms with Gasteiger partial charge in [-0.2, -0.15) is 0 Å². The summed E-state index contributed by atoms with van der Waals surface area (Å²) in [6.07, 6.45) is 6.63. The number of nitrogens with zero attached hydrogens (tertiary/aromatic N) is 1. The molecular weight excluding hydrogens is 496 g/mol. The summed E-state index contributed by atoms with van der Waals surface area (Å²) in [6.45, 7) is 2.23. The number of amides is 4. The van der Waals surface area contributed by atoms with Gasteiger partial charge in [0.05, 0.1) is 16.8 Å². The Morgan fingerprint density at radius 2 is 1.97 bits per heavy atom. The Morgan fingerprint density at radius 1 is 1.18 bits per heavy atom. The van der Waals surface area contributed by atoms with Crippen LogP contribution in [0.2, 0.25) is 0 Å². The third-order valence-electron chi connectivity index (χ3n) is 4.66. The topological polar surface area (TPSA) is 103 Å². The third-order valence-corrected chi connectivity index (χ3v) is 5.25. The van der Waals surface area contributed by atoms with Gasteiger partial charge in [0.25, 0.3) is 11.8 Å². The number of halogens is 1. The number of ether oxygens (including phenoxy) is 4. The number of imide groups is 2. The maximum absolute atomic E-state index is 13.2. The van der Waals surface area contributed by atoms with Crippen LogP contribution in [-0.2, 0) is 9.59 Å². The molecule has 2 aliphatic heterocycles. The molecule has 0 bridgehead atoms. The molecule has 0 aliphatic carbocycles. The molecule has 0 aromatic heterocycles. The van der Waals surface area contributed by atoms with Gasteiger partial charge in [-0.25, -0.2) is 9.69 Å². The van der Waals surface area contributed by atoms with E-state index in [2.05, 4.69) is 27.2 Å². The highest BCUT2D eigenvalue weighted by molar-refractivity contribution is 9.10. The lowest BCUT2D eigenvalue weighted by Crippen LogP contribution is -2.54. The SMILES string of the molecule is C#CCOc1c(Br)cc(/C=C2\C(=O)NC(=O)N(c3ccc4c(c3)OCO4)C2=O)cc1OCC. The number of hydrogen-bond donors (Lipinski definition) is 1. The number of anilines is 1. The van der Waals surface area contributed by atoms with E-state index in [4.69, 9.17) is 25.4 Å². The first kappa shape index (κ1) is 22.2. The predicted molar refractivity (Wildman–Crippen MR) is 121 cm³/mol. The molecule has 0 saturated carbocycles. The van der Waals surface area contributed by atoms with E-state index >= 15 is 0 Å². The first-order valence-corrected chi connectivity index (χ1v) is 10.6. The highest BCUT2D eigenvalue weighted by Gasteiger charge is 2.37. The molecule has 4 rings (SSSR count). The number of rotatable bonds is 6. The zero-order valence-electron chi connectivity index (χ0n) is 17.3. The zero-order chi connectivity index (χ0) is 23.5. The minimum Gasteiger partial charge on any atom is -0.490 e. The van der Waals surface area contributed by atoms with Gasteiger partial charge in [0, 0.05) is 6.07 Å². The summed E-state index contributed by atoms with van der Waals surface area (Å²) in [7, 11) is 0. The molecule has 0 radical (unpaired) electrons. The van der Waals surface area contributed by atoms with Crippen LogP contribution in [0, 0.1) is 12.3 Å². The monoisotopic (exact) mass is 512 g/mol. The number of terminal acetylenes is 1. The fraction of sp³-hybridized carbons (Fsp3) is 0.174. The van der Waals surface area contributed by atoms with Crippen molar-refractivity contribution in [1.82, 2.24) is 5.32 Å². The van der Waals surface area contributed by atoms with E-state index in [0.717, 1.165) is 4.90 Å². The quantitative estimate of drug-likeness (QED) is 0.360. The molecule has 0 unspecified atom stereocenters. The van der Waals surface area contributed by atoms with Crippen LogP contribution < -0.4 is 29.2 Å². The van der Waals surface area contributed by atoms with Crippen molar-refractivity contribution in [3.63, 3.8) is 0 Å². The Bertz CT molecular complexity index is 1230. The number of carbonyl (C=O) groups is 3. The van der Waals surface area contributed by atoms with Crippen molar-refractivity contribution in [2.24, 2.45) is 0 Å². The average molecular weight is 513 g/mol. The molecule has 0 spiro atoms. The lowest BCUT2D eigenvalue weighted by atomic mass is 10.1. The van der Waals surface area contributed by atoms with Gasteiger partial charge in [-0.1, -0.05) is 5.92 Å². The number of urea groups is 1. The molecule has 4 amide bonds. The van der Waals surface area contributed by atoms with Crippen LogP contribution in [0.4, 0.5) is 10.5 Å². The number of carbonyl (C=O) groups excluding carboxylic acids is 3. The number of barbiturate groups is 1. The molecule has 1 saturated heterocycles. The molecule has 10 heteroatoms. The minimum atomic E-state index is -0.866. The molecular formula is C23H17BrN2O7. The predicted octanol–water partition coefficient (Wildman–Crippen LogP) is 3.25. The highest BCUT2D eigenvalue weighted by atomic mass is 79.9. The van der Waals surface area contributed by atoms with Gasteiger partial charge >= 0.3 is 6.03 Å². The second-order valence-electron chi connectivity index (χ2n) is 6.75. The molecule has 2 aromatic carbocycles. The van der Waals surface area contributed by atoms with Crippen LogP contribution in [0.5, 0.6) is 23.0 Å². The third kappa shape index (κ3) is 4.36. The van der Waals surface area contributed by atoms with Crippen LogP contribution in [0.25, 0.3) is 6.08 Å². The second kappa shape index (κ2) is 9.26. The number of fused-ring (bicyclic) bond motifs is 1. The molecule has 1 N–H and O–H groups in total. The summed E-state index contributed by atoms with van der Waals surface area (Å²) < 4.78 is 22.2. The van der Waals surface area contributed by atoms with E-state index in [1.54, 1.807) is 25.1 Å². The first-order chi connectivity index (χ1) is 15.9. The van der Waals surface area contributed by atoms with Gasteiger partial charge in [-0.05, 0) is 58.8 Å². The van der Waals surface area contributed by atoms with Crippen LogP contribution >= 0.6 is 15.9 Å². The number of hydrogen-bond acceptors (Lipinski definition) is 7. The van der Waals surface area contributed by atoms with Gasteiger partial charge in [0.2, 0.25) is 6.79 Å². The van der Waals surface area contributed by atoms with E-state index in [-0.39, 0.29) is 24.7 Å². The summed E-state index contributed by atoms with van der Waals surface area (Å²) >= 11 is 3.40. The van der Waals surface area contributed by atoms with E-state index in [1.807, 2.05) is 0 Å². The summed E-state index contributed by atoms with van der Waals surface area (Å²) in [4.78, 5) is 39.0. The van der Waals surface area contributed by atoms with Crippen molar-refractivity contribution in [2.45, 2.75) is 6.92 Å². The lowest BCUT2D eigenvalue weighted by molar-refractivity contribution is -0.122. The molecule has 9 nitrogen and oxygen atoms in total. The largest absolute Gasteiger partial charge is 0.490 e. The fourth-order valence-corrected chi connectivity index (χ4v) is 3.85. The molecule has 33 heavy (non-hydrogen) atoms. The Labute approximate surface area is 197 Å². The standard InChI is InChI=1S/C23H17BrN2O7/c1-3-7-31-20-16(24)9-13(10-19(20)30-4-2)8-15-21(27)25-23(29)26(22(15)28)14-5-6-17-18(11-14)33-12-32-17/h1,5-6,8-11H,4,7,12H2,2H3,(H,25,27,29)/b15-8+. The smallest absolute Gasteiger partial charge is 0.335 e. The van der Waals surface area contributed by atoms with E-state index in [0.29, 0.717) is 39.6 Å². The molecule has 1 fully saturated rings. The van der Waals surface area contributed by atoms with Gasteiger partial charge in [-0.3, -0.25) is 14.9 Å². The van der Waals surface area contributed by atoms with Crippen LogP contribution in [0.15, 0.2) is 40.4 Å². The van der Waals surface area contributed by atoms with Crippen LogP contribution in [-0.4, -0.2) is 37.9 Å². The van der Waals surface area contributed by atoms with Gasteiger partial charge in [-0.15, -0.1) is 6.42 Å². The van der Waals surface area contributed by atoms with Gasteiger partial charge < -0.3 is 18.9 Å². The Kier molecular flexibility index (Phi) is 6.24. The Morgan fingerprint density at radius 3 is 2.73 bits per heavy atom. The van der Waals surface area contributed by atoms with Crippen LogP contribution in [0.3, 0.4) is 0 Å². The molecule has 2 aliphatic rings. The van der Waals surface area contributed by atoms with Crippen molar-refractivity contribution in [2.75, 3.05) is 24.9 Å². The fourth-order valence-electron chi connectivity index (χ4n) is 3.27. The van der Waals surface area contributed by atoms with E-state index in [9.17, 15) is 14.4 Å². The number of nitrogens with one attached hydrogen (secondary N) is 1. The molecule has 2 aromatic rings. The maximum atomic E-state index is 13.2. The van der Waals surface area contributed by atoms with Crippen molar-refractivity contribution in [1.29, 1.82) is 0 Å². The van der Waals surface area contributed by atoms with E-state index in [1.165, 1.54) is 18.2 Å². The average Bonchev–Trinajstić information content (AvgIpc) is 3.24. The highest BCUT2D eigenvalue weighted by Crippen LogP contribution is 2.39. The van der Waals surface area contributed by atoms with Crippen molar-refractivity contribution >= 4 is 45.5 Å². The lowest BCUT2D eigenvalue weighted by Gasteiger charge is -2.26. The number of benzene rings is 2. The summed E-state index contributed by atoms with van der Waals surface area (Å²) in [5.41, 5.74) is 0.463. The van der Waals surface area contributed by atoms with Gasteiger partial charge in [0.1, 0.15) is 12.2 Å². The normalized spacial score (nSPS) is 16.0. The minimum absolute atomic E-state index is 0.0343. The van der Waals surface area contributed by atoms with Crippen molar-refractivity contribution in [3.05, 3.63) is 45.9 Å². The summed E-state index contributed by atoms with van der Waals surface area (Å²) in [5.74, 6) is 2.44. The molecule has 2 heterocycles. The summed E-state index contributed by atoms with van der Waals surface area (Å²) in [5, 5.41) is 2.19. The molecule has 168 valence electrons. The van der Waals surface area contributed by atoms with Crippen molar-refractivity contribution < 1.29 is 33.3 Å². The Hall–Kier alpha value is -3.97. The van der Waals surface area contributed by atoms with Crippen LogP contribution in [0.1, 0.15) is 12.5 Å².